The number of anilines is 1. The van der Waals surface area contributed by atoms with Crippen LogP contribution in [0.25, 0.3) is 16.9 Å². The first kappa shape index (κ1) is 17.3. The van der Waals surface area contributed by atoms with Crippen LogP contribution >= 0.6 is 11.6 Å². The van der Waals surface area contributed by atoms with E-state index in [4.69, 9.17) is 22.1 Å². The Balaban J connectivity index is 2.10. The Labute approximate surface area is 150 Å². The quantitative estimate of drug-likeness (QED) is 0.705. The van der Waals surface area contributed by atoms with E-state index in [-0.39, 0.29) is 4.90 Å². The molecule has 0 aliphatic rings. The molecule has 2 N–H and O–H groups in total. The molecule has 0 saturated carbocycles. The van der Waals surface area contributed by atoms with Crippen molar-refractivity contribution in [3.8, 4) is 22.7 Å². The smallest absolute Gasteiger partial charge is 0.175 e. The Morgan fingerprint density at radius 3 is 2.40 bits per heavy atom. The molecule has 130 valence electrons. The van der Waals surface area contributed by atoms with Crippen LogP contribution < -0.4 is 10.5 Å². The fourth-order valence-corrected chi connectivity index (χ4v) is 3.27. The number of ether oxygens (including phenoxy) is 1. The maximum absolute atomic E-state index is 11.6. The number of nitrogens with two attached hydrogens (primary N) is 1. The number of benzene rings is 2. The van der Waals surface area contributed by atoms with Gasteiger partial charge in [0.25, 0.3) is 0 Å². The lowest BCUT2D eigenvalue weighted by molar-refractivity contribution is 0.416. The molecule has 0 radical (unpaired) electrons. The molecule has 2 aromatic carbocycles. The summed E-state index contributed by atoms with van der Waals surface area (Å²) in [6.07, 6.45) is 1.17. The van der Waals surface area contributed by atoms with Gasteiger partial charge in [-0.25, -0.2) is 13.1 Å². The van der Waals surface area contributed by atoms with Gasteiger partial charge in [-0.3, -0.25) is 0 Å². The second kappa shape index (κ2) is 6.42. The van der Waals surface area contributed by atoms with Gasteiger partial charge in [0.15, 0.2) is 15.0 Å². The molecule has 0 aliphatic carbocycles. The van der Waals surface area contributed by atoms with Crippen molar-refractivity contribution in [1.82, 2.24) is 9.78 Å². The third kappa shape index (κ3) is 3.47. The Hall–Kier alpha value is -2.51. The monoisotopic (exact) mass is 377 g/mol. The van der Waals surface area contributed by atoms with Crippen molar-refractivity contribution < 1.29 is 13.2 Å². The predicted octanol–water partition coefficient (Wildman–Crippen LogP) is 3.19. The molecule has 1 heterocycles. The zero-order valence-corrected chi connectivity index (χ0v) is 15.2. The number of sulfone groups is 1. The summed E-state index contributed by atoms with van der Waals surface area (Å²) in [6, 6.07) is 13.5. The van der Waals surface area contributed by atoms with E-state index in [9.17, 15) is 8.42 Å². The molecular weight excluding hydrogens is 362 g/mol. The number of halogens is 1. The Kier molecular flexibility index (Phi) is 4.45. The lowest BCUT2D eigenvalue weighted by atomic mass is 10.1. The van der Waals surface area contributed by atoms with Crippen LogP contribution in [0.4, 0.5) is 5.69 Å². The van der Waals surface area contributed by atoms with E-state index in [1.165, 1.54) is 13.4 Å². The van der Waals surface area contributed by atoms with E-state index < -0.39 is 9.84 Å². The minimum absolute atomic E-state index is 0.252. The number of nitrogen functional groups attached to an aromatic ring is 1. The van der Waals surface area contributed by atoms with Crippen molar-refractivity contribution in [3.05, 3.63) is 53.7 Å². The molecule has 6 nitrogen and oxygen atoms in total. The fourth-order valence-electron chi connectivity index (χ4n) is 2.46. The van der Waals surface area contributed by atoms with Crippen molar-refractivity contribution in [2.45, 2.75) is 4.90 Å². The van der Waals surface area contributed by atoms with Crippen molar-refractivity contribution in [3.63, 3.8) is 0 Å². The minimum atomic E-state index is -3.25. The summed E-state index contributed by atoms with van der Waals surface area (Å²) >= 11 is 6.09. The van der Waals surface area contributed by atoms with Crippen molar-refractivity contribution in [2.24, 2.45) is 0 Å². The SMILES string of the molecule is COc1cc(-n2nc(Cl)cc2-c2ccc(S(C)(=O)=O)cc2)ccc1N. The fraction of sp³-hybridized carbons (Fsp3) is 0.118. The van der Waals surface area contributed by atoms with E-state index >= 15 is 0 Å². The second-order valence-electron chi connectivity index (χ2n) is 5.49. The first-order valence-corrected chi connectivity index (χ1v) is 9.56. The average Bonchev–Trinajstić information content (AvgIpc) is 2.96. The van der Waals surface area contributed by atoms with Gasteiger partial charge in [-0.1, -0.05) is 23.7 Å². The molecule has 0 bridgehead atoms. The topological polar surface area (TPSA) is 87.2 Å². The van der Waals surface area contributed by atoms with Crippen LogP contribution in [0, 0.1) is 0 Å². The van der Waals surface area contributed by atoms with Crippen LogP contribution in [0.15, 0.2) is 53.4 Å². The maximum Gasteiger partial charge on any atom is 0.175 e. The molecule has 0 unspecified atom stereocenters. The van der Waals surface area contributed by atoms with Gasteiger partial charge in [-0.05, 0) is 24.3 Å². The number of methoxy groups -OCH3 is 1. The van der Waals surface area contributed by atoms with Gasteiger partial charge in [-0.15, -0.1) is 0 Å². The molecule has 0 fully saturated rings. The lowest BCUT2D eigenvalue weighted by Gasteiger charge is -2.11. The van der Waals surface area contributed by atoms with Crippen LogP contribution in [0.1, 0.15) is 0 Å². The third-order valence-corrected chi connectivity index (χ3v) is 5.03. The highest BCUT2D eigenvalue weighted by atomic mass is 35.5. The zero-order chi connectivity index (χ0) is 18.2. The zero-order valence-electron chi connectivity index (χ0n) is 13.6. The molecule has 1 aromatic heterocycles. The summed E-state index contributed by atoms with van der Waals surface area (Å²) < 4.78 is 30.1. The van der Waals surface area contributed by atoms with Crippen molar-refractivity contribution in [1.29, 1.82) is 0 Å². The Morgan fingerprint density at radius 1 is 1.12 bits per heavy atom. The van der Waals surface area contributed by atoms with Gasteiger partial charge in [0.1, 0.15) is 5.75 Å². The number of nitrogens with zero attached hydrogens (tertiary/aromatic N) is 2. The van der Waals surface area contributed by atoms with E-state index in [1.807, 2.05) is 0 Å². The third-order valence-electron chi connectivity index (χ3n) is 3.72. The van der Waals surface area contributed by atoms with Gasteiger partial charge in [0.05, 0.1) is 29.1 Å². The van der Waals surface area contributed by atoms with Crippen LogP contribution in [-0.4, -0.2) is 31.6 Å². The van der Waals surface area contributed by atoms with Crippen LogP contribution in [0.2, 0.25) is 5.15 Å². The largest absolute Gasteiger partial charge is 0.495 e. The highest BCUT2D eigenvalue weighted by Gasteiger charge is 2.14. The van der Waals surface area contributed by atoms with E-state index in [2.05, 4.69) is 5.10 Å². The summed E-state index contributed by atoms with van der Waals surface area (Å²) in [4.78, 5) is 0.252. The van der Waals surface area contributed by atoms with E-state index in [1.54, 1.807) is 53.2 Å². The normalized spacial score (nSPS) is 11.5. The second-order valence-corrected chi connectivity index (χ2v) is 7.89. The number of aromatic nitrogens is 2. The van der Waals surface area contributed by atoms with Crippen molar-refractivity contribution >= 4 is 27.1 Å². The molecule has 8 heteroatoms. The molecular formula is C17H16ClN3O3S. The lowest BCUT2D eigenvalue weighted by Crippen LogP contribution is -2.01. The van der Waals surface area contributed by atoms with Crippen molar-refractivity contribution in [2.75, 3.05) is 19.1 Å². The Bertz CT molecular complexity index is 1030. The molecule has 0 amide bonds. The van der Waals surface area contributed by atoms with Crippen LogP contribution in [0.3, 0.4) is 0 Å². The summed E-state index contributed by atoms with van der Waals surface area (Å²) in [5.74, 6) is 0.530. The molecule has 3 rings (SSSR count). The van der Waals surface area contributed by atoms with Gasteiger partial charge in [0, 0.05) is 24.0 Å². The molecule has 3 aromatic rings. The van der Waals surface area contributed by atoms with E-state index in [0.29, 0.717) is 16.6 Å². The summed E-state index contributed by atoms with van der Waals surface area (Å²) in [5, 5.41) is 4.62. The highest BCUT2D eigenvalue weighted by Crippen LogP contribution is 2.30. The number of hydrogen-bond donors (Lipinski definition) is 1. The predicted molar refractivity (Wildman–Crippen MR) is 98.1 cm³/mol. The van der Waals surface area contributed by atoms with Gasteiger partial charge in [0.2, 0.25) is 0 Å². The summed E-state index contributed by atoms with van der Waals surface area (Å²) in [5.41, 5.74) is 8.59. The molecule has 0 spiro atoms. The van der Waals surface area contributed by atoms with Crippen LogP contribution in [0.5, 0.6) is 5.75 Å². The molecule has 0 atom stereocenters. The molecule has 0 saturated heterocycles. The minimum Gasteiger partial charge on any atom is -0.495 e. The molecule has 0 aliphatic heterocycles. The first-order chi connectivity index (χ1) is 11.8. The number of hydrogen-bond acceptors (Lipinski definition) is 5. The maximum atomic E-state index is 11.6. The van der Waals surface area contributed by atoms with Gasteiger partial charge < -0.3 is 10.5 Å². The van der Waals surface area contributed by atoms with E-state index in [0.717, 1.165) is 16.9 Å². The molecule has 25 heavy (non-hydrogen) atoms. The van der Waals surface area contributed by atoms with Gasteiger partial charge >= 0.3 is 0 Å². The summed E-state index contributed by atoms with van der Waals surface area (Å²) in [6.45, 7) is 0. The standard InChI is InChI=1S/C17H16ClN3O3S/c1-24-16-9-12(5-8-14(16)19)21-15(10-17(18)20-21)11-3-6-13(7-4-11)25(2,22)23/h3-10H,19H2,1-2H3. The number of rotatable bonds is 4. The Morgan fingerprint density at radius 2 is 1.80 bits per heavy atom. The average molecular weight is 378 g/mol. The highest BCUT2D eigenvalue weighted by molar-refractivity contribution is 7.90. The van der Waals surface area contributed by atoms with Crippen LogP contribution in [-0.2, 0) is 9.84 Å². The van der Waals surface area contributed by atoms with Gasteiger partial charge in [-0.2, -0.15) is 5.10 Å². The first-order valence-electron chi connectivity index (χ1n) is 7.29. The summed E-state index contributed by atoms with van der Waals surface area (Å²) in [7, 11) is -1.71.